The Labute approximate surface area is 117 Å². The molecule has 0 saturated heterocycles. The number of nitrogens with zero attached hydrogens (tertiary/aromatic N) is 2. The number of benzene rings is 2. The first-order chi connectivity index (χ1) is 9.69. The molecular weight excluding hydrogens is 252 g/mol. The van der Waals surface area contributed by atoms with Gasteiger partial charge in [0.05, 0.1) is 18.1 Å². The van der Waals surface area contributed by atoms with Gasteiger partial charge in [0.25, 0.3) is 0 Å². The van der Waals surface area contributed by atoms with Crippen molar-refractivity contribution in [2.45, 2.75) is 6.42 Å². The summed E-state index contributed by atoms with van der Waals surface area (Å²) in [6.45, 7) is 0. The third-order valence-corrected chi connectivity index (χ3v) is 3.52. The smallest absolute Gasteiger partial charge is 0.121 e. The lowest BCUT2D eigenvalue weighted by molar-refractivity contribution is 0.415. The second-order valence-corrected chi connectivity index (χ2v) is 4.75. The van der Waals surface area contributed by atoms with E-state index in [1.807, 2.05) is 48.0 Å². The van der Waals surface area contributed by atoms with Crippen LogP contribution in [0.25, 0.3) is 11.0 Å². The Morgan fingerprint density at radius 2 is 2.00 bits per heavy atom. The Kier molecular flexibility index (Phi) is 3.06. The molecule has 0 aliphatic rings. The lowest BCUT2D eigenvalue weighted by atomic mass is 10.1. The fourth-order valence-electron chi connectivity index (χ4n) is 2.35. The second-order valence-electron chi connectivity index (χ2n) is 4.75. The van der Waals surface area contributed by atoms with E-state index in [2.05, 4.69) is 4.98 Å². The molecule has 0 unspecified atom stereocenters. The van der Waals surface area contributed by atoms with Crippen molar-refractivity contribution in [1.29, 1.82) is 0 Å². The van der Waals surface area contributed by atoms with Gasteiger partial charge in [0.1, 0.15) is 17.3 Å². The molecule has 0 radical (unpaired) electrons. The number of aromatic nitrogens is 2. The van der Waals surface area contributed by atoms with Crippen molar-refractivity contribution in [3.05, 3.63) is 53.9 Å². The van der Waals surface area contributed by atoms with E-state index in [0.717, 1.165) is 28.2 Å². The van der Waals surface area contributed by atoms with Gasteiger partial charge in [-0.25, -0.2) is 4.98 Å². The third kappa shape index (κ3) is 2.09. The number of fused-ring (bicyclic) bond motifs is 1. The molecule has 3 aromatic rings. The van der Waals surface area contributed by atoms with Gasteiger partial charge in [-0.05, 0) is 18.2 Å². The number of aromatic hydroxyl groups is 1. The number of methoxy groups -OCH3 is 1. The van der Waals surface area contributed by atoms with Crippen molar-refractivity contribution in [2.24, 2.45) is 7.05 Å². The Morgan fingerprint density at radius 3 is 2.75 bits per heavy atom. The van der Waals surface area contributed by atoms with E-state index in [1.54, 1.807) is 13.2 Å². The molecule has 0 amide bonds. The summed E-state index contributed by atoms with van der Waals surface area (Å²) >= 11 is 0. The predicted molar refractivity (Wildman–Crippen MR) is 78.2 cm³/mol. The lowest BCUT2D eigenvalue weighted by Crippen LogP contribution is -1.99. The zero-order valence-corrected chi connectivity index (χ0v) is 11.5. The normalized spacial score (nSPS) is 10.9. The lowest BCUT2D eigenvalue weighted by Gasteiger charge is -2.04. The van der Waals surface area contributed by atoms with Gasteiger partial charge in [-0.15, -0.1) is 0 Å². The minimum absolute atomic E-state index is 0.303. The molecule has 4 heteroatoms. The van der Waals surface area contributed by atoms with Crippen LogP contribution in [0.4, 0.5) is 0 Å². The minimum atomic E-state index is 0.303. The standard InChI is InChI=1S/C16H16N2O2/c1-18-14-8-7-12(20-2)10-13(14)17-16(18)9-11-5-3-4-6-15(11)19/h3-8,10,19H,9H2,1-2H3. The van der Waals surface area contributed by atoms with Crippen LogP contribution in [0.2, 0.25) is 0 Å². The predicted octanol–water partition coefficient (Wildman–Crippen LogP) is 2.88. The monoisotopic (exact) mass is 268 g/mol. The third-order valence-electron chi connectivity index (χ3n) is 3.52. The van der Waals surface area contributed by atoms with Crippen molar-refractivity contribution in [3.63, 3.8) is 0 Å². The number of phenols is 1. The number of phenolic OH excluding ortho intramolecular Hbond substituents is 1. The van der Waals surface area contributed by atoms with Gasteiger partial charge in [0, 0.05) is 25.1 Å². The van der Waals surface area contributed by atoms with E-state index in [4.69, 9.17) is 4.74 Å². The first-order valence-electron chi connectivity index (χ1n) is 6.45. The number of imidazole rings is 1. The summed E-state index contributed by atoms with van der Waals surface area (Å²) in [5.41, 5.74) is 2.83. The first-order valence-corrected chi connectivity index (χ1v) is 6.45. The Balaban J connectivity index is 2.04. The maximum Gasteiger partial charge on any atom is 0.121 e. The number of aryl methyl sites for hydroxylation is 1. The van der Waals surface area contributed by atoms with Crippen LogP contribution in [-0.2, 0) is 13.5 Å². The zero-order chi connectivity index (χ0) is 14.1. The molecule has 0 spiro atoms. The Hall–Kier alpha value is -2.49. The largest absolute Gasteiger partial charge is 0.508 e. The van der Waals surface area contributed by atoms with Crippen LogP contribution in [0, 0.1) is 0 Å². The van der Waals surface area contributed by atoms with E-state index in [1.165, 1.54) is 0 Å². The number of hydrogen-bond donors (Lipinski definition) is 1. The molecule has 0 saturated carbocycles. The van der Waals surface area contributed by atoms with Crippen LogP contribution in [0.5, 0.6) is 11.5 Å². The fourth-order valence-corrected chi connectivity index (χ4v) is 2.35. The Bertz CT molecular complexity index is 762. The van der Waals surface area contributed by atoms with Gasteiger partial charge >= 0.3 is 0 Å². The molecule has 0 fully saturated rings. The number of ether oxygens (including phenoxy) is 1. The fraction of sp³-hybridized carbons (Fsp3) is 0.188. The van der Waals surface area contributed by atoms with E-state index in [-0.39, 0.29) is 0 Å². The maximum absolute atomic E-state index is 9.86. The molecule has 4 nitrogen and oxygen atoms in total. The minimum Gasteiger partial charge on any atom is -0.508 e. The van der Waals surface area contributed by atoms with Crippen LogP contribution in [0.3, 0.4) is 0 Å². The molecule has 20 heavy (non-hydrogen) atoms. The van der Waals surface area contributed by atoms with E-state index >= 15 is 0 Å². The molecular formula is C16H16N2O2. The summed E-state index contributed by atoms with van der Waals surface area (Å²) < 4.78 is 7.26. The van der Waals surface area contributed by atoms with Crippen molar-refractivity contribution in [2.75, 3.05) is 7.11 Å². The topological polar surface area (TPSA) is 47.3 Å². The summed E-state index contributed by atoms with van der Waals surface area (Å²) in [5, 5.41) is 9.86. The molecule has 1 N–H and O–H groups in total. The molecule has 1 heterocycles. The highest BCUT2D eigenvalue weighted by Gasteiger charge is 2.10. The van der Waals surface area contributed by atoms with Crippen LogP contribution >= 0.6 is 0 Å². The van der Waals surface area contributed by atoms with Crippen molar-refractivity contribution in [3.8, 4) is 11.5 Å². The van der Waals surface area contributed by atoms with Crippen molar-refractivity contribution in [1.82, 2.24) is 9.55 Å². The van der Waals surface area contributed by atoms with E-state index < -0.39 is 0 Å². The van der Waals surface area contributed by atoms with Gasteiger partial charge in [0.2, 0.25) is 0 Å². The Morgan fingerprint density at radius 1 is 1.20 bits per heavy atom. The summed E-state index contributed by atoms with van der Waals surface area (Å²) in [7, 11) is 3.63. The van der Waals surface area contributed by atoms with Crippen molar-refractivity contribution < 1.29 is 9.84 Å². The van der Waals surface area contributed by atoms with Crippen LogP contribution < -0.4 is 4.74 Å². The van der Waals surface area contributed by atoms with Crippen LogP contribution in [0.15, 0.2) is 42.5 Å². The average Bonchev–Trinajstić information content (AvgIpc) is 2.77. The molecule has 0 bridgehead atoms. The van der Waals surface area contributed by atoms with Gasteiger partial charge < -0.3 is 14.4 Å². The SMILES string of the molecule is COc1ccc2c(c1)nc(Cc1ccccc1O)n2C. The van der Waals surface area contributed by atoms with E-state index in [0.29, 0.717) is 12.2 Å². The van der Waals surface area contributed by atoms with E-state index in [9.17, 15) is 5.11 Å². The highest BCUT2D eigenvalue weighted by molar-refractivity contribution is 5.77. The molecule has 1 aromatic heterocycles. The number of para-hydroxylation sites is 1. The second kappa shape index (κ2) is 4.89. The highest BCUT2D eigenvalue weighted by atomic mass is 16.5. The molecule has 2 aromatic carbocycles. The van der Waals surface area contributed by atoms with Crippen LogP contribution in [0.1, 0.15) is 11.4 Å². The molecule has 3 rings (SSSR count). The summed E-state index contributed by atoms with van der Waals surface area (Å²) in [4.78, 5) is 4.63. The zero-order valence-electron chi connectivity index (χ0n) is 11.5. The molecule has 102 valence electrons. The van der Waals surface area contributed by atoms with Gasteiger partial charge in [-0.1, -0.05) is 18.2 Å². The maximum atomic E-state index is 9.86. The summed E-state index contributed by atoms with van der Waals surface area (Å²) in [6, 6.07) is 13.2. The van der Waals surface area contributed by atoms with Gasteiger partial charge in [-0.3, -0.25) is 0 Å². The average molecular weight is 268 g/mol. The number of hydrogen-bond acceptors (Lipinski definition) is 3. The van der Waals surface area contributed by atoms with Gasteiger partial charge in [0.15, 0.2) is 0 Å². The molecule has 0 aliphatic heterocycles. The van der Waals surface area contributed by atoms with Gasteiger partial charge in [-0.2, -0.15) is 0 Å². The quantitative estimate of drug-likeness (QED) is 0.794. The molecule has 0 aliphatic carbocycles. The summed E-state index contributed by atoms with van der Waals surface area (Å²) in [6.07, 6.45) is 0.597. The summed E-state index contributed by atoms with van der Waals surface area (Å²) in [5.74, 6) is 2.01. The number of rotatable bonds is 3. The highest BCUT2D eigenvalue weighted by Crippen LogP contribution is 2.24. The first kappa shape index (κ1) is 12.5. The molecule has 0 atom stereocenters. The van der Waals surface area contributed by atoms with Crippen molar-refractivity contribution >= 4 is 11.0 Å². The van der Waals surface area contributed by atoms with Crippen LogP contribution in [-0.4, -0.2) is 21.8 Å².